The Morgan fingerprint density at radius 2 is 2.35 bits per heavy atom. The molecule has 1 aromatic carbocycles. The topological polar surface area (TPSA) is 64.3 Å². The first kappa shape index (κ1) is 13.1. The highest BCUT2D eigenvalue weighted by molar-refractivity contribution is 5.95. The van der Waals surface area contributed by atoms with E-state index in [1.165, 1.54) is 0 Å². The summed E-state index contributed by atoms with van der Waals surface area (Å²) in [7, 11) is 0. The molecule has 0 heterocycles. The van der Waals surface area contributed by atoms with Crippen molar-refractivity contribution in [3.63, 3.8) is 0 Å². The Morgan fingerprint density at radius 3 is 2.94 bits per heavy atom. The van der Waals surface area contributed by atoms with Crippen LogP contribution in [0.2, 0.25) is 0 Å². The third-order valence-electron chi connectivity index (χ3n) is 2.14. The van der Waals surface area contributed by atoms with Crippen LogP contribution in [-0.2, 0) is 0 Å². The molecule has 0 aromatic heterocycles. The molecule has 0 unspecified atom stereocenters. The summed E-state index contributed by atoms with van der Waals surface area (Å²) in [6, 6.07) is 5.02. The molecule has 0 bridgehead atoms. The summed E-state index contributed by atoms with van der Waals surface area (Å²) in [6.45, 7) is 6.61. The van der Waals surface area contributed by atoms with E-state index in [0.29, 0.717) is 30.2 Å². The van der Waals surface area contributed by atoms with Gasteiger partial charge in [0.15, 0.2) is 0 Å². The lowest BCUT2D eigenvalue weighted by Crippen LogP contribution is -2.23. The number of benzene rings is 1. The van der Waals surface area contributed by atoms with E-state index in [2.05, 4.69) is 11.9 Å². The van der Waals surface area contributed by atoms with E-state index >= 15 is 0 Å². The number of ether oxygens (including phenoxy) is 1. The molecule has 0 fully saturated rings. The predicted octanol–water partition coefficient (Wildman–Crippen LogP) is 1.97. The number of nitrogens with two attached hydrogens (primary N) is 1. The van der Waals surface area contributed by atoms with E-state index in [4.69, 9.17) is 10.5 Å². The van der Waals surface area contributed by atoms with Crippen molar-refractivity contribution in [2.24, 2.45) is 0 Å². The van der Waals surface area contributed by atoms with Gasteiger partial charge in [-0.3, -0.25) is 4.79 Å². The van der Waals surface area contributed by atoms with Gasteiger partial charge in [-0.25, -0.2) is 0 Å². The molecule has 0 radical (unpaired) electrons. The monoisotopic (exact) mass is 234 g/mol. The minimum atomic E-state index is -0.168. The van der Waals surface area contributed by atoms with Gasteiger partial charge in [-0.1, -0.05) is 13.0 Å². The van der Waals surface area contributed by atoms with Crippen LogP contribution < -0.4 is 15.8 Å². The molecule has 1 amide bonds. The number of carbonyl (C=O) groups is 1. The molecule has 4 nitrogen and oxygen atoms in total. The SMILES string of the molecule is C=CCNC(=O)c1ccc(OCCC)c(N)c1. The largest absolute Gasteiger partial charge is 0.491 e. The lowest BCUT2D eigenvalue weighted by molar-refractivity contribution is 0.0958. The van der Waals surface area contributed by atoms with Gasteiger partial charge in [0.1, 0.15) is 5.75 Å². The number of nitrogens with one attached hydrogen (secondary N) is 1. The summed E-state index contributed by atoms with van der Waals surface area (Å²) in [5, 5.41) is 2.69. The van der Waals surface area contributed by atoms with Crippen molar-refractivity contribution in [3.8, 4) is 5.75 Å². The first-order valence-electron chi connectivity index (χ1n) is 5.60. The molecule has 92 valence electrons. The molecule has 3 N–H and O–H groups in total. The van der Waals surface area contributed by atoms with Crippen molar-refractivity contribution < 1.29 is 9.53 Å². The average molecular weight is 234 g/mol. The fourth-order valence-electron chi connectivity index (χ4n) is 1.30. The lowest BCUT2D eigenvalue weighted by Gasteiger charge is -2.09. The van der Waals surface area contributed by atoms with E-state index in [1.54, 1.807) is 24.3 Å². The van der Waals surface area contributed by atoms with Gasteiger partial charge in [-0.15, -0.1) is 6.58 Å². The predicted molar refractivity (Wildman–Crippen MR) is 69.2 cm³/mol. The molecule has 0 aliphatic heterocycles. The lowest BCUT2D eigenvalue weighted by atomic mass is 10.1. The highest BCUT2D eigenvalue weighted by Crippen LogP contribution is 2.22. The molecule has 4 heteroatoms. The Hall–Kier alpha value is -1.97. The van der Waals surface area contributed by atoms with E-state index < -0.39 is 0 Å². The summed E-state index contributed by atoms with van der Waals surface area (Å²) in [5.41, 5.74) is 6.80. The maximum absolute atomic E-state index is 11.6. The molecule has 0 atom stereocenters. The van der Waals surface area contributed by atoms with Crippen LogP contribution in [-0.4, -0.2) is 19.1 Å². The van der Waals surface area contributed by atoms with Crippen molar-refractivity contribution in [1.29, 1.82) is 0 Å². The van der Waals surface area contributed by atoms with Gasteiger partial charge < -0.3 is 15.8 Å². The van der Waals surface area contributed by atoms with Gasteiger partial charge in [0.25, 0.3) is 5.91 Å². The molecule has 0 saturated carbocycles. The Labute approximate surface area is 101 Å². The smallest absolute Gasteiger partial charge is 0.251 e. The van der Waals surface area contributed by atoms with Gasteiger partial charge >= 0.3 is 0 Å². The fourth-order valence-corrected chi connectivity index (χ4v) is 1.30. The van der Waals surface area contributed by atoms with Crippen molar-refractivity contribution in [2.75, 3.05) is 18.9 Å². The molecule has 0 saturated heterocycles. The number of amides is 1. The molecule has 1 rings (SSSR count). The minimum Gasteiger partial charge on any atom is -0.491 e. The average Bonchev–Trinajstić information content (AvgIpc) is 2.34. The van der Waals surface area contributed by atoms with E-state index in [1.807, 2.05) is 6.92 Å². The standard InChI is InChI=1S/C13H18N2O2/c1-3-7-15-13(16)10-5-6-12(11(14)9-10)17-8-4-2/h3,5-6,9H,1,4,7-8,14H2,2H3,(H,15,16). The maximum atomic E-state index is 11.6. The highest BCUT2D eigenvalue weighted by atomic mass is 16.5. The normalized spacial score (nSPS) is 9.71. The molecule has 17 heavy (non-hydrogen) atoms. The Kier molecular flexibility index (Phi) is 5.07. The van der Waals surface area contributed by atoms with Crippen LogP contribution >= 0.6 is 0 Å². The molecule has 0 aliphatic rings. The van der Waals surface area contributed by atoms with E-state index in [9.17, 15) is 4.79 Å². The van der Waals surface area contributed by atoms with Crippen LogP contribution in [0.1, 0.15) is 23.7 Å². The van der Waals surface area contributed by atoms with E-state index in [-0.39, 0.29) is 5.91 Å². The third kappa shape index (κ3) is 3.83. The zero-order valence-electron chi connectivity index (χ0n) is 10.0. The molecular weight excluding hydrogens is 216 g/mol. The van der Waals surface area contributed by atoms with Gasteiger partial charge in [-0.05, 0) is 24.6 Å². The summed E-state index contributed by atoms with van der Waals surface area (Å²) in [6.07, 6.45) is 2.54. The second-order valence-corrected chi connectivity index (χ2v) is 3.60. The van der Waals surface area contributed by atoms with Crippen molar-refractivity contribution >= 4 is 11.6 Å². The number of nitrogen functional groups attached to an aromatic ring is 1. The van der Waals surface area contributed by atoms with Crippen LogP contribution in [0.5, 0.6) is 5.75 Å². The van der Waals surface area contributed by atoms with Crippen LogP contribution in [0.4, 0.5) is 5.69 Å². The summed E-state index contributed by atoms with van der Waals surface area (Å²) >= 11 is 0. The van der Waals surface area contributed by atoms with Gasteiger partial charge in [0, 0.05) is 12.1 Å². The number of hydrogen-bond acceptors (Lipinski definition) is 3. The Bertz CT molecular complexity index is 402. The second kappa shape index (κ2) is 6.58. The minimum absolute atomic E-state index is 0.168. The van der Waals surface area contributed by atoms with Crippen LogP contribution in [0.25, 0.3) is 0 Å². The number of carbonyl (C=O) groups excluding carboxylic acids is 1. The Balaban J connectivity index is 2.73. The number of anilines is 1. The van der Waals surface area contributed by atoms with Crippen molar-refractivity contribution in [3.05, 3.63) is 36.4 Å². The quantitative estimate of drug-likeness (QED) is 0.584. The first-order valence-corrected chi connectivity index (χ1v) is 5.60. The molecule has 1 aromatic rings. The van der Waals surface area contributed by atoms with Crippen molar-refractivity contribution in [2.45, 2.75) is 13.3 Å². The van der Waals surface area contributed by atoms with Gasteiger partial charge in [0.05, 0.1) is 12.3 Å². The zero-order valence-corrected chi connectivity index (χ0v) is 10.0. The number of rotatable bonds is 6. The van der Waals surface area contributed by atoms with E-state index in [0.717, 1.165) is 6.42 Å². The first-order chi connectivity index (χ1) is 8.19. The highest BCUT2D eigenvalue weighted by Gasteiger charge is 2.07. The Morgan fingerprint density at radius 1 is 1.59 bits per heavy atom. The van der Waals surface area contributed by atoms with Crippen molar-refractivity contribution in [1.82, 2.24) is 5.32 Å². The number of hydrogen-bond donors (Lipinski definition) is 2. The fraction of sp³-hybridized carbons (Fsp3) is 0.308. The summed E-state index contributed by atoms with van der Waals surface area (Å²) in [4.78, 5) is 11.6. The molecule has 0 aliphatic carbocycles. The van der Waals surface area contributed by atoms with Gasteiger partial charge in [0.2, 0.25) is 0 Å². The van der Waals surface area contributed by atoms with Crippen LogP contribution in [0.3, 0.4) is 0 Å². The molecular formula is C13H18N2O2. The third-order valence-corrected chi connectivity index (χ3v) is 2.14. The summed E-state index contributed by atoms with van der Waals surface area (Å²) in [5.74, 6) is 0.450. The second-order valence-electron chi connectivity index (χ2n) is 3.60. The van der Waals surface area contributed by atoms with Gasteiger partial charge in [-0.2, -0.15) is 0 Å². The molecule has 0 spiro atoms. The van der Waals surface area contributed by atoms with Crippen LogP contribution in [0, 0.1) is 0 Å². The maximum Gasteiger partial charge on any atom is 0.251 e. The zero-order chi connectivity index (χ0) is 12.7. The van der Waals surface area contributed by atoms with Crippen LogP contribution in [0.15, 0.2) is 30.9 Å². The summed E-state index contributed by atoms with van der Waals surface area (Å²) < 4.78 is 5.43.